The van der Waals surface area contributed by atoms with E-state index < -0.39 is 5.97 Å². The Labute approximate surface area is 152 Å². The van der Waals surface area contributed by atoms with Crippen LogP contribution in [0.1, 0.15) is 17.0 Å². The van der Waals surface area contributed by atoms with Crippen LogP contribution < -0.4 is 0 Å². The van der Waals surface area contributed by atoms with Crippen LogP contribution in [0.2, 0.25) is 0 Å². The highest BCUT2D eigenvalue weighted by molar-refractivity contribution is 5.83. The Kier molecular flexibility index (Phi) is 5.37. The Morgan fingerprint density at radius 2 is 2.04 bits per heavy atom. The number of ether oxygens (including phenoxy) is 1. The number of oxazole rings is 1. The largest absolute Gasteiger partial charge is 0.468 e. The molecule has 1 saturated heterocycles. The number of aryl methyl sites for hydroxylation is 2. The lowest BCUT2D eigenvalue weighted by Crippen LogP contribution is -2.51. The molecule has 1 aromatic heterocycles. The van der Waals surface area contributed by atoms with E-state index in [0.29, 0.717) is 25.5 Å². The second kappa shape index (κ2) is 7.70. The first-order valence-electron chi connectivity index (χ1n) is 8.57. The van der Waals surface area contributed by atoms with Crippen molar-refractivity contribution in [2.75, 3.05) is 33.3 Å². The van der Waals surface area contributed by atoms with Crippen molar-refractivity contribution in [3.05, 3.63) is 41.3 Å². The van der Waals surface area contributed by atoms with Crippen LogP contribution in [0.25, 0.3) is 11.5 Å². The number of nitrogens with zero attached hydrogens (tertiary/aromatic N) is 3. The first-order chi connectivity index (χ1) is 12.5. The second-order valence-corrected chi connectivity index (χ2v) is 6.44. The molecule has 0 unspecified atom stereocenters. The van der Waals surface area contributed by atoms with Crippen LogP contribution >= 0.6 is 0 Å². The third-order valence-corrected chi connectivity index (χ3v) is 4.59. The Morgan fingerprint density at radius 1 is 1.27 bits per heavy atom. The molecule has 0 aliphatic carbocycles. The van der Waals surface area contributed by atoms with E-state index in [1.54, 1.807) is 0 Å². The molecule has 0 atom stereocenters. The van der Waals surface area contributed by atoms with Gasteiger partial charge in [-0.25, -0.2) is 4.98 Å². The third kappa shape index (κ3) is 3.94. The van der Waals surface area contributed by atoms with Gasteiger partial charge in [0, 0.05) is 25.2 Å². The normalized spacial score (nSPS) is 15.3. The fourth-order valence-corrected chi connectivity index (χ4v) is 2.99. The number of hydrogen-bond acceptors (Lipinski definition) is 6. The summed E-state index contributed by atoms with van der Waals surface area (Å²) in [6.45, 7) is 5.88. The number of hydrogen-bond donors (Lipinski definition) is 0. The summed E-state index contributed by atoms with van der Waals surface area (Å²) in [6, 6.07) is 7.95. The van der Waals surface area contributed by atoms with Gasteiger partial charge < -0.3 is 14.1 Å². The van der Waals surface area contributed by atoms with Crippen molar-refractivity contribution in [3.63, 3.8) is 0 Å². The predicted molar refractivity (Wildman–Crippen MR) is 95.3 cm³/mol. The van der Waals surface area contributed by atoms with Gasteiger partial charge in [-0.2, -0.15) is 0 Å². The number of carbonyl (C=O) groups excluding carboxylic acids is 2. The van der Waals surface area contributed by atoms with E-state index in [0.717, 1.165) is 22.6 Å². The maximum absolute atomic E-state index is 12.2. The molecule has 0 saturated carbocycles. The molecule has 1 aliphatic rings. The minimum absolute atomic E-state index is 0.00357. The molecule has 1 aromatic carbocycles. The van der Waals surface area contributed by atoms with Crippen molar-refractivity contribution in [1.29, 1.82) is 0 Å². The summed E-state index contributed by atoms with van der Waals surface area (Å²) in [5, 5.41) is 0. The number of aromatic nitrogens is 1. The van der Waals surface area contributed by atoms with Gasteiger partial charge in [0.25, 0.3) is 0 Å². The average molecular weight is 357 g/mol. The van der Waals surface area contributed by atoms with Crippen LogP contribution in [-0.4, -0.2) is 59.9 Å². The van der Waals surface area contributed by atoms with Gasteiger partial charge in [-0.3, -0.25) is 14.5 Å². The molecule has 0 radical (unpaired) electrons. The molecule has 7 nitrogen and oxygen atoms in total. The molecule has 2 aromatic rings. The fraction of sp³-hybridized carbons (Fsp3) is 0.421. The maximum atomic E-state index is 12.2. The van der Waals surface area contributed by atoms with Crippen molar-refractivity contribution in [2.45, 2.75) is 20.4 Å². The van der Waals surface area contributed by atoms with Crippen molar-refractivity contribution in [1.82, 2.24) is 14.8 Å². The Hall–Kier alpha value is -2.67. The van der Waals surface area contributed by atoms with Crippen molar-refractivity contribution in [3.8, 4) is 11.5 Å². The number of rotatable bonds is 5. The topological polar surface area (TPSA) is 75.9 Å². The molecule has 26 heavy (non-hydrogen) atoms. The second-order valence-electron chi connectivity index (χ2n) is 6.44. The van der Waals surface area contributed by atoms with Crippen molar-refractivity contribution < 1.29 is 18.7 Å². The number of methoxy groups -OCH3 is 1. The highest BCUT2D eigenvalue weighted by Gasteiger charge is 2.27. The van der Waals surface area contributed by atoms with Crippen LogP contribution in [-0.2, 0) is 20.9 Å². The molecule has 7 heteroatoms. The van der Waals surface area contributed by atoms with Crippen molar-refractivity contribution in [2.24, 2.45) is 0 Å². The first-order valence-corrected chi connectivity index (χ1v) is 8.57. The number of piperazine rings is 1. The Morgan fingerprint density at radius 3 is 2.73 bits per heavy atom. The number of benzene rings is 1. The molecule has 0 spiro atoms. The standard InChI is InChI=1S/C19H23N3O4/c1-13-6-4-5-7-15(13)19-20-16(14(2)26-19)10-21-8-9-22(17(23)11-21)12-18(24)25-3/h4-7H,8-12H2,1-3H3. The zero-order valence-corrected chi connectivity index (χ0v) is 15.3. The molecule has 1 aliphatic heterocycles. The summed E-state index contributed by atoms with van der Waals surface area (Å²) < 4.78 is 10.5. The molecule has 0 N–H and O–H groups in total. The summed E-state index contributed by atoms with van der Waals surface area (Å²) in [6.07, 6.45) is 0. The van der Waals surface area contributed by atoms with Crippen LogP contribution in [0.3, 0.4) is 0 Å². The number of carbonyl (C=O) groups is 2. The summed E-state index contributed by atoms with van der Waals surface area (Å²) in [5.74, 6) is 0.878. The van der Waals surface area contributed by atoms with Gasteiger partial charge in [-0.15, -0.1) is 0 Å². The molecule has 2 heterocycles. The van der Waals surface area contributed by atoms with E-state index in [-0.39, 0.29) is 19.0 Å². The third-order valence-electron chi connectivity index (χ3n) is 4.59. The van der Waals surface area contributed by atoms with Gasteiger partial charge in [0.15, 0.2) is 0 Å². The monoisotopic (exact) mass is 357 g/mol. The minimum atomic E-state index is -0.401. The van der Waals surface area contributed by atoms with Gasteiger partial charge in [0.05, 0.1) is 19.3 Å². The first kappa shape index (κ1) is 18.1. The van der Waals surface area contributed by atoms with Crippen LogP contribution in [0.5, 0.6) is 0 Å². The molecular weight excluding hydrogens is 334 g/mol. The molecule has 0 bridgehead atoms. The Bertz CT molecular complexity index is 815. The molecule has 3 rings (SSSR count). The molecule has 138 valence electrons. The summed E-state index contributed by atoms with van der Waals surface area (Å²) in [4.78, 5) is 31.8. The van der Waals surface area contributed by atoms with E-state index in [9.17, 15) is 9.59 Å². The van der Waals surface area contributed by atoms with Crippen LogP contribution in [0.4, 0.5) is 0 Å². The highest BCUT2D eigenvalue weighted by atomic mass is 16.5. The minimum Gasteiger partial charge on any atom is -0.468 e. The highest BCUT2D eigenvalue weighted by Crippen LogP contribution is 2.25. The predicted octanol–water partition coefficient (Wildman–Crippen LogP) is 1.78. The lowest BCUT2D eigenvalue weighted by Gasteiger charge is -2.33. The zero-order valence-electron chi connectivity index (χ0n) is 15.3. The summed E-state index contributed by atoms with van der Waals surface area (Å²) in [5.41, 5.74) is 2.91. The quantitative estimate of drug-likeness (QED) is 0.759. The van der Waals surface area contributed by atoms with E-state index in [4.69, 9.17) is 4.42 Å². The van der Waals surface area contributed by atoms with E-state index in [1.807, 2.05) is 43.0 Å². The average Bonchev–Trinajstić information content (AvgIpc) is 2.98. The maximum Gasteiger partial charge on any atom is 0.325 e. The van der Waals surface area contributed by atoms with Gasteiger partial charge in [-0.1, -0.05) is 18.2 Å². The molecule has 1 amide bonds. The van der Waals surface area contributed by atoms with E-state index >= 15 is 0 Å². The van der Waals surface area contributed by atoms with Gasteiger partial charge in [0.2, 0.25) is 11.8 Å². The lowest BCUT2D eigenvalue weighted by molar-refractivity contribution is -0.149. The van der Waals surface area contributed by atoms with Crippen molar-refractivity contribution >= 4 is 11.9 Å². The lowest BCUT2D eigenvalue weighted by atomic mass is 10.1. The number of amides is 1. The molecule has 1 fully saturated rings. The molecular formula is C19H23N3O4. The smallest absolute Gasteiger partial charge is 0.325 e. The van der Waals surface area contributed by atoms with Gasteiger partial charge in [-0.05, 0) is 25.5 Å². The summed E-state index contributed by atoms with van der Waals surface area (Å²) in [7, 11) is 1.32. The van der Waals surface area contributed by atoms with E-state index in [2.05, 4.69) is 9.72 Å². The Balaban J connectivity index is 1.66. The van der Waals surface area contributed by atoms with Gasteiger partial charge >= 0.3 is 5.97 Å². The zero-order chi connectivity index (χ0) is 18.7. The summed E-state index contributed by atoms with van der Waals surface area (Å²) >= 11 is 0. The SMILES string of the molecule is COC(=O)CN1CCN(Cc2nc(-c3ccccc3C)oc2C)CC1=O. The fourth-order valence-electron chi connectivity index (χ4n) is 2.99. The van der Waals surface area contributed by atoms with Crippen LogP contribution in [0, 0.1) is 13.8 Å². The van der Waals surface area contributed by atoms with Crippen LogP contribution in [0.15, 0.2) is 28.7 Å². The van der Waals surface area contributed by atoms with E-state index in [1.165, 1.54) is 12.0 Å². The van der Waals surface area contributed by atoms with Gasteiger partial charge in [0.1, 0.15) is 12.3 Å². The number of esters is 1.